The molecule has 1 fully saturated rings. The minimum atomic E-state index is -0.678. The number of rotatable bonds is 6. The van der Waals surface area contributed by atoms with Gasteiger partial charge in [0.05, 0.1) is 11.5 Å². The summed E-state index contributed by atoms with van der Waals surface area (Å²) in [6.45, 7) is 0.691. The third-order valence-corrected chi connectivity index (χ3v) is 3.52. The standard InChI is InChI=1S/C17H16N2O5/c20-17(24-15-8-6-14(7-9-15)19(21)22)18-13-2-1-3-16(10-13)23-11-12-4-5-12/h1-3,6-10,12H,4-5,11H2,(H,18,20). The molecular formula is C17H16N2O5. The fraction of sp³-hybridized carbons (Fsp3) is 0.235. The Hall–Kier alpha value is -3.09. The molecule has 1 aliphatic rings. The van der Waals surface area contributed by atoms with E-state index in [2.05, 4.69) is 5.32 Å². The van der Waals surface area contributed by atoms with Crippen molar-refractivity contribution in [2.24, 2.45) is 5.92 Å². The van der Waals surface area contributed by atoms with E-state index in [1.165, 1.54) is 37.1 Å². The molecule has 7 heteroatoms. The Bertz CT molecular complexity index is 741. The summed E-state index contributed by atoms with van der Waals surface area (Å²) in [4.78, 5) is 21.9. The van der Waals surface area contributed by atoms with E-state index < -0.39 is 11.0 Å². The third-order valence-electron chi connectivity index (χ3n) is 3.52. The fourth-order valence-electron chi connectivity index (χ4n) is 2.05. The molecule has 0 bridgehead atoms. The van der Waals surface area contributed by atoms with E-state index in [1.807, 2.05) is 6.07 Å². The van der Waals surface area contributed by atoms with Crippen molar-refractivity contribution in [3.8, 4) is 11.5 Å². The second-order valence-corrected chi connectivity index (χ2v) is 5.55. The average Bonchev–Trinajstić information content (AvgIpc) is 3.38. The van der Waals surface area contributed by atoms with Crippen LogP contribution in [-0.2, 0) is 0 Å². The Labute approximate surface area is 138 Å². The number of amides is 1. The summed E-state index contributed by atoms with van der Waals surface area (Å²) < 4.78 is 10.7. The second kappa shape index (κ2) is 6.99. The number of nitrogens with one attached hydrogen (secondary N) is 1. The van der Waals surface area contributed by atoms with Gasteiger partial charge in [-0.3, -0.25) is 15.4 Å². The van der Waals surface area contributed by atoms with E-state index in [4.69, 9.17) is 9.47 Å². The van der Waals surface area contributed by atoms with Gasteiger partial charge in [-0.25, -0.2) is 4.79 Å². The number of hydrogen-bond donors (Lipinski definition) is 1. The van der Waals surface area contributed by atoms with Gasteiger partial charge in [-0.15, -0.1) is 0 Å². The number of nitro benzene ring substituents is 1. The lowest BCUT2D eigenvalue weighted by molar-refractivity contribution is -0.384. The van der Waals surface area contributed by atoms with Crippen LogP contribution in [0.3, 0.4) is 0 Å². The molecule has 0 heterocycles. The topological polar surface area (TPSA) is 90.7 Å². The van der Waals surface area contributed by atoms with E-state index in [-0.39, 0.29) is 11.4 Å². The molecule has 1 saturated carbocycles. The maximum atomic E-state index is 11.9. The first-order valence-electron chi connectivity index (χ1n) is 7.56. The van der Waals surface area contributed by atoms with Crippen molar-refractivity contribution in [3.05, 3.63) is 58.6 Å². The van der Waals surface area contributed by atoms with Crippen LogP contribution in [0.4, 0.5) is 16.2 Å². The number of carbonyl (C=O) groups excluding carboxylic acids is 1. The molecule has 0 radical (unpaired) electrons. The van der Waals surface area contributed by atoms with E-state index >= 15 is 0 Å². The first-order valence-corrected chi connectivity index (χ1v) is 7.56. The van der Waals surface area contributed by atoms with Crippen LogP contribution in [0.25, 0.3) is 0 Å². The Morgan fingerprint density at radius 3 is 2.58 bits per heavy atom. The van der Waals surface area contributed by atoms with Gasteiger partial charge >= 0.3 is 6.09 Å². The van der Waals surface area contributed by atoms with E-state index in [1.54, 1.807) is 18.2 Å². The highest BCUT2D eigenvalue weighted by Crippen LogP contribution is 2.30. The van der Waals surface area contributed by atoms with Crippen molar-refractivity contribution in [2.45, 2.75) is 12.8 Å². The average molecular weight is 328 g/mol. The molecule has 2 aromatic carbocycles. The van der Waals surface area contributed by atoms with Crippen LogP contribution in [-0.4, -0.2) is 17.6 Å². The van der Waals surface area contributed by atoms with Crippen LogP contribution in [0.2, 0.25) is 0 Å². The summed E-state index contributed by atoms with van der Waals surface area (Å²) in [6, 6.07) is 12.3. The highest BCUT2D eigenvalue weighted by Gasteiger charge is 2.21. The molecular weight excluding hydrogens is 312 g/mol. The third kappa shape index (κ3) is 4.45. The number of non-ortho nitro benzene ring substituents is 1. The normalized spacial score (nSPS) is 13.2. The number of ether oxygens (including phenoxy) is 2. The highest BCUT2D eigenvalue weighted by molar-refractivity contribution is 5.86. The molecule has 1 aliphatic carbocycles. The number of hydrogen-bond acceptors (Lipinski definition) is 5. The maximum Gasteiger partial charge on any atom is 0.417 e. The van der Waals surface area contributed by atoms with Gasteiger partial charge in [0.2, 0.25) is 0 Å². The Morgan fingerprint density at radius 1 is 1.17 bits per heavy atom. The highest BCUT2D eigenvalue weighted by atomic mass is 16.6. The van der Waals surface area contributed by atoms with E-state index in [0.717, 1.165) is 0 Å². The molecule has 0 aromatic heterocycles. The lowest BCUT2D eigenvalue weighted by Gasteiger charge is -2.09. The molecule has 0 aliphatic heterocycles. The molecule has 1 N–H and O–H groups in total. The quantitative estimate of drug-likeness (QED) is 0.639. The van der Waals surface area contributed by atoms with Gasteiger partial charge in [-0.05, 0) is 43.0 Å². The zero-order valence-electron chi connectivity index (χ0n) is 12.8. The van der Waals surface area contributed by atoms with Crippen LogP contribution < -0.4 is 14.8 Å². The van der Waals surface area contributed by atoms with Crippen molar-refractivity contribution in [1.29, 1.82) is 0 Å². The molecule has 124 valence electrons. The molecule has 0 saturated heterocycles. The molecule has 2 aromatic rings. The predicted molar refractivity (Wildman–Crippen MR) is 87.4 cm³/mol. The molecule has 7 nitrogen and oxygen atoms in total. The van der Waals surface area contributed by atoms with Crippen LogP contribution in [0.5, 0.6) is 11.5 Å². The number of anilines is 1. The van der Waals surface area contributed by atoms with Gasteiger partial charge in [0.15, 0.2) is 0 Å². The van der Waals surface area contributed by atoms with Gasteiger partial charge < -0.3 is 9.47 Å². The Kier molecular flexibility index (Phi) is 4.60. The van der Waals surface area contributed by atoms with Crippen LogP contribution >= 0.6 is 0 Å². The zero-order valence-corrected chi connectivity index (χ0v) is 12.8. The van der Waals surface area contributed by atoms with Crippen molar-refractivity contribution in [3.63, 3.8) is 0 Å². The van der Waals surface area contributed by atoms with Crippen LogP contribution in [0.1, 0.15) is 12.8 Å². The van der Waals surface area contributed by atoms with Gasteiger partial charge in [0.1, 0.15) is 11.5 Å². The first kappa shape index (κ1) is 15.8. The maximum absolute atomic E-state index is 11.9. The minimum absolute atomic E-state index is 0.0664. The fourth-order valence-corrected chi connectivity index (χ4v) is 2.05. The smallest absolute Gasteiger partial charge is 0.417 e. The molecule has 0 atom stereocenters. The van der Waals surface area contributed by atoms with Crippen LogP contribution in [0.15, 0.2) is 48.5 Å². The van der Waals surface area contributed by atoms with Gasteiger partial charge in [0, 0.05) is 23.9 Å². The van der Waals surface area contributed by atoms with Gasteiger partial charge in [-0.2, -0.15) is 0 Å². The van der Waals surface area contributed by atoms with Crippen molar-refractivity contribution in [1.82, 2.24) is 0 Å². The number of nitrogens with zero attached hydrogens (tertiary/aromatic N) is 1. The van der Waals surface area contributed by atoms with Crippen molar-refractivity contribution in [2.75, 3.05) is 11.9 Å². The number of nitro groups is 1. The Balaban J connectivity index is 1.55. The lowest BCUT2D eigenvalue weighted by Crippen LogP contribution is -2.16. The summed E-state index contributed by atoms with van der Waals surface area (Å²) in [6.07, 6.45) is 1.74. The van der Waals surface area contributed by atoms with E-state index in [0.29, 0.717) is 24.0 Å². The predicted octanol–water partition coefficient (Wildman–Crippen LogP) is 3.99. The van der Waals surface area contributed by atoms with Gasteiger partial charge in [-0.1, -0.05) is 6.07 Å². The SMILES string of the molecule is O=C(Nc1cccc(OCC2CC2)c1)Oc1ccc([N+](=O)[O-])cc1. The minimum Gasteiger partial charge on any atom is -0.493 e. The summed E-state index contributed by atoms with van der Waals surface area (Å²) in [5.41, 5.74) is 0.485. The zero-order chi connectivity index (χ0) is 16.9. The molecule has 1 amide bonds. The largest absolute Gasteiger partial charge is 0.493 e. The summed E-state index contributed by atoms with van der Waals surface area (Å²) in [7, 11) is 0. The first-order chi connectivity index (χ1) is 11.6. The lowest BCUT2D eigenvalue weighted by atomic mass is 10.3. The summed E-state index contributed by atoms with van der Waals surface area (Å²) in [5, 5.41) is 13.2. The summed E-state index contributed by atoms with van der Waals surface area (Å²) >= 11 is 0. The van der Waals surface area contributed by atoms with Crippen LogP contribution in [0, 0.1) is 16.0 Å². The molecule has 24 heavy (non-hydrogen) atoms. The molecule has 3 rings (SSSR count). The number of carbonyl (C=O) groups is 1. The van der Waals surface area contributed by atoms with Crippen molar-refractivity contribution >= 4 is 17.5 Å². The van der Waals surface area contributed by atoms with Crippen molar-refractivity contribution < 1.29 is 19.2 Å². The molecule has 0 unspecified atom stereocenters. The monoisotopic (exact) mass is 328 g/mol. The second-order valence-electron chi connectivity index (χ2n) is 5.55. The summed E-state index contributed by atoms with van der Waals surface area (Å²) in [5.74, 6) is 1.56. The Morgan fingerprint density at radius 2 is 1.92 bits per heavy atom. The molecule has 0 spiro atoms. The number of benzene rings is 2. The van der Waals surface area contributed by atoms with Gasteiger partial charge in [0.25, 0.3) is 5.69 Å². The van der Waals surface area contributed by atoms with E-state index in [9.17, 15) is 14.9 Å².